The van der Waals surface area contributed by atoms with E-state index in [0.717, 1.165) is 5.56 Å². The minimum absolute atomic E-state index is 0.0939. The molecule has 0 aliphatic carbocycles. The van der Waals surface area contributed by atoms with Crippen LogP contribution in [0.2, 0.25) is 0 Å². The first-order valence-electron chi connectivity index (χ1n) is 4.83. The summed E-state index contributed by atoms with van der Waals surface area (Å²) in [7, 11) is 1.61. The average molecular weight is 205 g/mol. The normalized spacial score (nSPS) is 9.47. The van der Waals surface area contributed by atoms with Crippen molar-refractivity contribution < 1.29 is 9.53 Å². The van der Waals surface area contributed by atoms with Gasteiger partial charge in [0.25, 0.3) is 5.91 Å². The van der Waals surface area contributed by atoms with Gasteiger partial charge in [-0.05, 0) is 19.1 Å². The summed E-state index contributed by atoms with van der Waals surface area (Å²) >= 11 is 0. The summed E-state index contributed by atoms with van der Waals surface area (Å²) in [6, 6.07) is 7.14. The van der Waals surface area contributed by atoms with Crippen LogP contribution in [0.15, 0.2) is 30.8 Å². The molecule has 3 nitrogen and oxygen atoms in total. The highest BCUT2D eigenvalue weighted by molar-refractivity contribution is 5.94. The molecule has 3 heteroatoms. The Morgan fingerprint density at radius 3 is 2.33 bits per heavy atom. The highest BCUT2D eigenvalue weighted by Crippen LogP contribution is 2.14. The van der Waals surface area contributed by atoms with Crippen molar-refractivity contribution in [3.63, 3.8) is 0 Å². The SMILES string of the molecule is C=C(OCC)c1ccc(C(=O)NC)cc1. The molecule has 80 valence electrons. The summed E-state index contributed by atoms with van der Waals surface area (Å²) in [5, 5.41) is 2.56. The molecule has 1 aromatic carbocycles. The third-order valence-electron chi connectivity index (χ3n) is 2.01. The van der Waals surface area contributed by atoms with Crippen molar-refractivity contribution in [2.45, 2.75) is 6.92 Å². The summed E-state index contributed by atoms with van der Waals surface area (Å²) < 4.78 is 5.26. The third kappa shape index (κ3) is 2.84. The van der Waals surface area contributed by atoms with Gasteiger partial charge in [-0.1, -0.05) is 18.7 Å². The zero-order chi connectivity index (χ0) is 11.3. The van der Waals surface area contributed by atoms with Crippen molar-refractivity contribution in [3.05, 3.63) is 42.0 Å². The van der Waals surface area contributed by atoms with Gasteiger partial charge in [0.2, 0.25) is 0 Å². The summed E-state index contributed by atoms with van der Waals surface area (Å²) in [5.41, 5.74) is 1.52. The second-order valence-corrected chi connectivity index (χ2v) is 3.01. The van der Waals surface area contributed by atoms with Crippen LogP contribution in [0.25, 0.3) is 5.76 Å². The van der Waals surface area contributed by atoms with Crippen LogP contribution < -0.4 is 5.32 Å². The van der Waals surface area contributed by atoms with E-state index in [1.54, 1.807) is 19.2 Å². The molecule has 0 radical (unpaired) electrons. The summed E-state index contributed by atoms with van der Waals surface area (Å²) in [6.07, 6.45) is 0. The number of carbonyl (C=O) groups excluding carboxylic acids is 1. The quantitative estimate of drug-likeness (QED) is 0.764. The maximum Gasteiger partial charge on any atom is 0.251 e. The average Bonchev–Trinajstić information content (AvgIpc) is 2.28. The highest BCUT2D eigenvalue weighted by atomic mass is 16.5. The Labute approximate surface area is 89.8 Å². The number of ether oxygens (including phenoxy) is 1. The van der Waals surface area contributed by atoms with Gasteiger partial charge < -0.3 is 10.1 Å². The van der Waals surface area contributed by atoms with E-state index in [1.165, 1.54) is 0 Å². The van der Waals surface area contributed by atoms with Gasteiger partial charge in [0.15, 0.2) is 0 Å². The summed E-state index contributed by atoms with van der Waals surface area (Å²) in [6.45, 7) is 6.29. The molecule has 1 amide bonds. The summed E-state index contributed by atoms with van der Waals surface area (Å²) in [5.74, 6) is 0.532. The number of hydrogen-bond acceptors (Lipinski definition) is 2. The van der Waals surface area contributed by atoms with Crippen molar-refractivity contribution in [2.75, 3.05) is 13.7 Å². The van der Waals surface area contributed by atoms with Crippen LogP contribution in [0.5, 0.6) is 0 Å². The number of hydrogen-bond donors (Lipinski definition) is 1. The lowest BCUT2D eigenvalue weighted by atomic mass is 10.1. The number of rotatable bonds is 4. The van der Waals surface area contributed by atoms with E-state index in [9.17, 15) is 4.79 Å². The van der Waals surface area contributed by atoms with Crippen LogP contribution in [0, 0.1) is 0 Å². The molecule has 0 fully saturated rings. The molecule has 1 aromatic rings. The maximum atomic E-state index is 11.3. The number of amides is 1. The third-order valence-corrected chi connectivity index (χ3v) is 2.01. The van der Waals surface area contributed by atoms with Crippen LogP contribution in [0.3, 0.4) is 0 Å². The van der Waals surface area contributed by atoms with Gasteiger partial charge in [-0.2, -0.15) is 0 Å². The van der Waals surface area contributed by atoms with Gasteiger partial charge in [0.1, 0.15) is 5.76 Å². The smallest absolute Gasteiger partial charge is 0.251 e. The van der Waals surface area contributed by atoms with Gasteiger partial charge in [0, 0.05) is 18.2 Å². The van der Waals surface area contributed by atoms with E-state index >= 15 is 0 Å². The molecule has 0 atom stereocenters. The molecule has 0 heterocycles. The van der Waals surface area contributed by atoms with E-state index in [4.69, 9.17) is 4.74 Å². The van der Waals surface area contributed by atoms with Crippen LogP contribution in [-0.2, 0) is 4.74 Å². The van der Waals surface area contributed by atoms with E-state index in [-0.39, 0.29) is 5.91 Å². The predicted octanol–water partition coefficient (Wildman–Crippen LogP) is 2.05. The van der Waals surface area contributed by atoms with Crippen molar-refractivity contribution >= 4 is 11.7 Å². The number of benzene rings is 1. The lowest BCUT2D eigenvalue weighted by Crippen LogP contribution is -2.17. The van der Waals surface area contributed by atoms with Gasteiger partial charge in [0.05, 0.1) is 6.61 Å². The Hall–Kier alpha value is -1.77. The van der Waals surface area contributed by atoms with E-state index in [2.05, 4.69) is 11.9 Å². The molecular weight excluding hydrogens is 190 g/mol. The zero-order valence-corrected chi connectivity index (χ0v) is 9.04. The number of nitrogens with one attached hydrogen (secondary N) is 1. The first-order valence-corrected chi connectivity index (χ1v) is 4.83. The van der Waals surface area contributed by atoms with Crippen LogP contribution >= 0.6 is 0 Å². The fraction of sp³-hybridized carbons (Fsp3) is 0.250. The molecule has 0 saturated heterocycles. The molecule has 0 aromatic heterocycles. The minimum Gasteiger partial charge on any atom is -0.494 e. The zero-order valence-electron chi connectivity index (χ0n) is 9.04. The predicted molar refractivity (Wildman–Crippen MR) is 60.5 cm³/mol. The monoisotopic (exact) mass is 205 g/mol. The van der Waals surface area contributed by atoms with E-state index in [0.29, 0.717) is 17.9 Å². The first kappa shape index (κ1) is 11.3. The first-order chi connectivity index (χ1) is 7.19. The minimum atomic E-state index is -0.0939. The highest BCUT2D eigenvalue weighted by Gasteiger charge is 2.03. The molecule has 1 N–H and O–H groups in total. The molecule has 0 aliphatic heterocycles. The van der Waals surface area contributed by atoms with Crippen molar-refractivity contribution in [1.82, 2.24) is 5.32 Å². The Balaban J connectivity index is 2.80. The standard InChI is InChI=1S/C12H15NO2/c1-4-15-9(2)10-5-7-11(8-6-10)12(14)13-3/h5-8H,2,4H2,1,3H3,(H,13,14). The second-order valence-electron chi connectivity index (χ2n) is 3.01. The fourth-order valence-electron chi connectivity index (χ4n) is 1.21. The van der Waals surface area contributed by atoms with Crippen LogP contribution in [-0.4, -0.2) is 19.6 Å². The largest absolute Gasteiger partial charge is 0.494 e. The van der Waals surface area contributed by atoms with Crippen LogP contribution in [0.4, 0.5) is 0 Å². The van der Waals surface area contributed by atoms with E-state index in [1.807, 2.05) is 19.1 Å². The second kappa shape index (κ2) is 5.20. The molecule has 0 bridgehead atoms. The molecule has 0 aliphatic rings. The Kier molecular flexibility index (Phi) is 3.92. The van der Waals surface area contributed by atoms with Gasteiger partial charge in [-0.25, -0.2) is 0 Å². The van der Waals surface area contributed by atoms with E-state index < -0.39 is 0 Å². The molecule has 15 heavy (non-hydrogen) atoms. The number of carbonyl (C=O) groups is 1. The summed E-state index contributed by atoms with van der Waals surface area (Å²) in [4.78, 5) is 11.3. The molecule has 0 saturated carbocycles. The van der Waals surface area contributed by atoms with Crippen molar-refractivity contribution in [3.8, 4) is 0 Å². The van der Waals surface area contributed by atoms with Crippen molar-refractivity contribution in [2.24, 2.45) is 0 Å². The lowest BCUT2D eigenvalue weighted by molar-refractivity contribution is 0.0963. The van der Waals surface area contributed by atoms with Crippen LogP contribution in [0.1, 0.15) is 22.8 Å². The Morgan fingerprint density at radius 2 is 1.87 bits per heavy atom. The topological polar surface area (TPSA) is 38.3 Å². The Morgan fingerprint density at radius 1 is 1.33 bits per heavy atom. The van der Waals surface area contributed by atoms with Gasteiger partial charge >= 0.3 is 0 Å². The lowest BCUT2D eigenvalue weighted by Gasteiger charge is -2.07. The van der Waals surface area contributed by atoms with Crippen molar-refractivity contribution in [1.29, 1.82) is 0 Å². The molecule has 1 rings (SSSR count). The maximum absolute atomic E-state index is 11.3. The molecule has 0 spiro atoms. The molecule has 0 unspecified atom stereocenters. The van der Waals surface area contributed by atoms with Gasteiger partial charge in [-0.3, -0.25) is 4.79 Å². The fourth-order valence-corrected chi connectivity index (χ4v) is 1.21. The van der Waals surface area contributed by atoms with Gasteiger partial charge in [-0.15, -0.1) is 0 Å². The molecular formula is C12H15NO2. The Bertz CT molecular complexity index is 354.